The van der Waals surface area contributed by atoms with Crippen LogP contribution in [0.2, 0.25) is 5.02 Å². The molecule has 0 fully saturated rings. The smallest absolute Gasteiger partial charge is 0.328 e. The average molecular weight is 258 g/mol. The molecule has 0 saturated carbocycles. The number of carboxylic acid groups (broad SMARTS) is 1. The summed E-state index contributed by atoms with van der Waals surface area (Å²) in [6.07, 6.45) is 1.55. The minimum atomic E-state index is -1.33. The van der Waals surface area contributed by atoms with Crippen LogP contribution in [0.3, 0.4) is 0 Å². The first-order chi connectivity index (χ1) is 7.91. The van der Waals surface area contributed by atoms with Gasteiger partial charge in [0, 0.05) is 6.54 Å². The summed E-state index contributed by atoms with van der Waals surface area (Å²) in [6, 6.07) is 3.85. The number of carboxylic acids is 1. The maximum atomic E-state index is 13.0. The molecule has 5 heteroatoms. The van der Waals surface area contributed by atoms with E-state index in [1.807, 2.05) is 0 Å². The number of hydrogen-bond donors (Lipinski definition) is 2. The Morgan fingerprint density at radius 2 is 2.35 bits per heavy atom. The summed E-state index contributed by atoms with van der Waals surface area (Å²) in [5, 5.41) is 11.9. The van der Waals surface area contributed by atoms with Crippen LogP contribution >= 0.6 is 11.6 Å². The molecule has 0 bridgehead atoms. The maximum Gasteiger partial charge on any atom is 0.328 e. The SMILES string of the molecule is C=CCNC(C)(C(=O)O)c1ccc(F)c(Cl)c1. The lowest BCUT2D eigenvalue weighted by molar-refractivity contribution is -0.144. The molecule has 0 aliphatic rings. The summed E-state index contributed by atoms with van der Waals surface area (Å²) >= 11 is 5.64. The van der Waals surface area contributed by atoms with Crippen molar-refractivity contribution >= 4 is 17.6 Å². The molecule has 1 rings (SSSR count). The van der Waals surface area contributed by atoms with Gasteiger partial charge in [-0.15, -0.1) is 6.58 Å². The Balaban J connectivity index is 3.17. The lowest BCUT2D eigenvalue weighted by Crippen LogP contribution is -2.46. The Morgan fingerprint density at radius 3 is 2.82 bits per heavy atom. The largest absolute Gasteiger partial charge is 0.480 e. The molecule has 1 aromatic rings. The van der Waals surface area contributed by atoms with Gasteiger partial charge in [0.25, 0.3) is 0 Å². The Labute approximate surface area is 104 Å². The number of rotatable bonds is 5. The number of benzene rings is 1. The zero-order valence-corrected chi connectivity index (χ0v) is 10.1. The van der Waals surface area contributed by atoms with Crippen LogP contribution in [0.1, 0.15) is 12.5 Å². The standard InChI is InChI=1S/C12H13ClFNO2/c1-3-6-15-12(2,11(16)17)8-4-5-10(14)9(13)7-8/h3-5,7,15H,1,6H2,2H3,(H,16,17). The molecule has 0 aliphatic carbocycles. The highest BCUT2D eigenvalue weighted by Crippen LogP contribution is 2.25. The number of aliphatic carboxylic acids is 1. The van der Waals surface area contributed by atoms with E-state index in [1.54, 1.807) is 6.08 Å². The molecule has 0 aliphatic heterocycles. The van der Waals surface area contributed by atoms with Crippen molar-refractivity contribution in [2.24, 2.45) is 0 Å². The molecule has 1 aromatic carbocycles. The summed E-state index contributed by atoms with van der Waals surface area (Å²) in [5.41, 5.74) is -0.941. The molecule has 0 amide bonds. The van der Waals surface area contributed by atoms with Crippen LogP contribution in [-0.2, 0) is 10.3 Å². The van der Waals surface area contributed by atoms with Crippen molar-refractivity contribution in [2.45, 2.75) is 12.5 Å². The van der Waals surface area contributed by atoms with Crippen molar-refractivity contribution in [3.63, 3.8) is 0 Å². The van der Waals surface area contributed by atoms with Crippen molar-refractivity contribution in [1.82, 2.24) is 5.32 Å². The number of halogens is 2. The fourth-order valence-corrected chi connectivity index (χ4v) is 1.57. The minimum Gasteiger partial charge on any atom is -0.480 e. The summed E-state index contributed by atoms with van der Waals surface area (Å²) in [4.78, 5) is 11.3. The van der Waals surface area contributed by atoms with Crippen molar-refractivity contribution in [3.8, 4) is 0 Å². The highest BCUT2D eigenvalue weighted by Gasteiger charge is 2.34. The zero-order chi connectivity index (χ0) is 13.1. The van der Waals surface area contributed by atoms with Gasteiger partial charge in [0.1, 0.15) is 11.4 Å². The summed E-state index contributed by atoms with van der Waals surface area (Å²) < 4.78 is 13.0. The van der Waals surface area contributed by atoms with Gasteiger partial charge in [-0.1, -0.05) is 23.7 Å². The molecule has 0 saturated heterocycles. The molecule has 1 atom stereocenters. The van der Waals surface area contributed by atoms with Gasteiger partial charge in [-0.2, -0.15) is 0 Å². The van der Waals surface area contributed by atoms with Crippen molar-refractivity contribution in [3.05, 3.63) is 47.3 Å². The van der Waals surface area contributed by atoms with E-state index < -0.39 is 17.3 Å². The topological polar surface area (TPSA) is 49.3 Å². The second-order valence-corrected chi connectivity index (χ2v) is 4.14. The minimum absolute atomic E-state index is 0.102. The van der Waals surface area contributed by atoms with E-state index in [9.17, 15) is 14.3 Å². The lowest BCUT2D eigenvalue weighted by Gasteiger charge is -2.26. The summed E-state index contributed by atoms with van der Waals surface area (Å²) in [6.45, 7) is 5.31. The van der Waals surface area contributed by atoms with Crippen LogP contribution in [-0.4, -0.2) is 17.6 Å². The van der Waals surface area contributed by atoms with Gasteiger partial charge < -0.3 is 5.11 Å². The Hall–Kier alpha value is -1.39. The van der Waals surface area contributed by atoms with Gasteiger partial charge in [0.15, 0.2) is 0 Å². The third kappa shape index (κ3) is 2.84. The lowest BCUT2D eigenvalue weighted by atomic mass is 9.92. The fourth-order valence-electron chi connectivity index (χ4n) is 1.38. The molecule has 2 N–H and O–H groups in total. The van der Waals surface area contributed by atoms with E-state index in [1.165, 1.54) is 19.1 Å². The second kappa shape index (κ2) is 5.29. The van der Waals surface area contributed by atoms with Crippen LogP contribution in [0.4, 0.5) is 4.39 Å². The van der Waals surface area contributed by atoms with E-state index in [0.29, 0.717) is 12.1 Å². The van der Waals surface area contributed by atoms with Crippen LogP contribution in [0.15, 0.2) is 30.9 Å². The van der Waals surface area contributed by atoms with Gasteiger partial charge >= 0.3 is 5.97 Å². The fraction of sp³-hybridized carbons (Fsp3) is 0.250. The first kappa shape index (κ1) is 13.7. The van der Waals surface area contributed by atoms with Gasteiger partial charge in [-0.25, -0.2) is 9.18 Å². The normalized spacial score (nSPS) is 14.1. The van der Waals surface area contributed by atoms with E-state index >= 15 is 0 Å². The quantitative estimate of drug-likeness (QED) is 0.797. The molecule has 1 unspecified atom stereocenters. The first-order valence-electron chi connectivity index (χ1n) is 4.96. The molecule has 0 aromatic heterocycles. The number of carbonyl (C=O) groups is 1. The van der Waals surface area contributed by atoms with E-state index in [0.717, 1.165) is 6.07 Å². The van der Waals surface area contributed by atoms with Crippen LogP contribution < -0.4 is 5.32 Å². The third-order valence-corrected chi connectivity index (χ3v) is 2.81. The molecular weight excluding hydrogens is 245 g/mol. The molecule has 92 valence electrons. The van der Waals surface area contributed by atoms with Gasteiger partial charge in [-0.05, 0) is 24.6 Å². The van der Waals surface area contributed by atoms with Crippen molar-refractivity contribution < 1.29 is 14.3 Å². The van der Waals surface area contributed by atoms with Crippen molar-refractivity contribution in [2.75, 3.05) is 6.54 Å². The summed E-state index contributed by atoms with van der Waals surface area (Å²) in [7, 11) is 0. The second-order valence-electron chi connectivity index (χ2n) is 3.73. The molecule has 0 radical (unpaired) electrons. The highest BCUT2D eigenvalue weighted by atomic mass is 35.5. The first-order valence-corrected chi connectivity index (χ1v) is 5.34. The monoisotopic (exact) mass is 257 g/mol. The molecule has 0 spiro atoms. The van der Waals surface area contributed by atoms with Gasteiger partial charge in [0.05, 0.1) is 5.02 Å². The van der Waals surface area contributed by atoms with Crippen molar-refractivity contribution in [1.29, 1.82) is 0 Å². The predicted molar refractivity (Wildman–Crippen MR) is 64.6 cm³/mol. The zero-order valence-electron chi connectivity index (χ0n) is 9.34. The number of nitrogens with one attached hydrogen (secondary N) is 1. The van der Waals surface area contributed by atoms with Crippen LogP contribution in [0, 0.1) is 5.82 Å². The van der Waals surface area contributed by atoms with Gasteiger partial charge in [-0.3, -0.25) is 5.32 Å². The Kier molecular flexibility index (Phi) is 4.26. The summed E-state index contributed by atoms with van der Waals surface area (Å²) in [5.74, 6) is -1.64. The Morgan fingerprint density at radius 1 is 1.71 bits per heavy atom. The number of hydrogen-bond acceptors (Lipinski definition) is 2. The predicted octanol–water partition coefficient (Wildman–Crippen LogP) is 2.55. The molecule has 3 nitrogen and oxygen atoms in total. The van der Waals surface area contributed by atoms with E-state index in [-0.39, 0.29) is 5.02 Å². The average Bonchev–Trinajstić information content (AvgIpc) is 2.29. The maximum absolute atomic E-state index is 13.0. The molecule has 0 heterocycles. The van der Waals surface area contributed by atoms with Gasteiger partial charge in [0.2, 0.25) is 0 Å². The van der Waals surface area contributed by atoms with E-state index in [4.69, 9.17) is 11.6 Å². The van der Waals surface area contributed by atoms with E-state index in [2.05, 4.69) is 11.9 Å². The highest BCUT2D eigenvalue weighted by molar-refractivity contribution is 6.30. The molecule has 17 heavy (non-hydrogen) atoms. The van der Waals surface area contributed by atoms with Crippen LogP contribution in [0.25, 0.3) is 0 Å². The Bertz CT molecular complexity index is 450. The molecular formula is C12H13ClFNO2. The van der Waals surface area contributed by atoms with Crippen LogP contribution in [0.5, 0.6) is 0 Å². The third-order valence-electron chi connectivity index (χ3n) is 2.52.